The number of hydrogen-bond donors (Lipinski definition) is 0. The molecule has 0 atom stereocenters. The Labute approximate surface area is 223 Å². The van der Waals surface area contributed by atoms with Gasteiger partial charge in [0.25, 0.3) is 5.56 Å². The minimum absolute atomic E-state index is 0.0140. The molecule has 0 fully saturated rings. The van der Waals surface area contributed by atoms with E-state index in [2.05, 4.69) is 41.9 Å². The molecule has 3 aromatic carbocycles. The molecule has 0 bridgehead atoms. The van der Waals surface area contributed by atoms with E-state index in [1.807, 2.05) is 50.2 Å². The highest BCUT2D eigenvalue weighted by Gasteiger charge is 2.14. The van der Waals surface area contributed by atoms with E-state index in [-0.39, 0.29) is 11.5 Å². The Bertz CT molecular complexity index is 1470. The molecule has 0 aliphatic heterocycles. The van der Waals surface area contributed by atoms with Crippen molar-refractivity contribution in [1.29, 1.82) is 0 Å². The van der Waals surface area contributed by atoms with Gasteiger partial charge in [0, 0.05) is 26.0 Å². The van der Waals surface area contributed by atoms with Crippen molar-refractivity contribution in [3.63, 3.8) is 0 Å². The molecular weight excluding hydrogens is 605 g/mol. The molecule has 4 rings (SSSR count). The van der Waals surface area contributed by atoms with Crippen molar-refractivity contribution >= 4 is 72.2 Å². The summed E-state index contributed by atoms with van der Waals surface area (Å²) in [6, 6.07) is 16.3. The first-order chi connectivity index (χ1) is 16.2. The van der Waals surface area contributed by atoms with Crippen LogP contribution >= 0.6 is 55.1 Å². The SMILES string of the molecule is CC(C)c1nc2ccc(Br)cc2c(=O)n1N=Cc1ccc(OCc2ccc(Cl)cc2Cl)c(Br)c1. The van der Waals surface area contributed by atoms with Crippen molar-refractivity contribution < 1.29 is 4.74 Å². The topological polar surface area (TPSA) is 56.5 Å². The lowest BCUT2D eigenvalue weighted by Gasteiger charge is -2.12. The summed E-state index contributed by atoms with van der Waals surface area (Å²) in [5, 5.41) is 6.10. The third-order valence-corrected chi connectivity index (χ3v) is 6.73. The minimum Gasteiger partial charge on any atom is -0.488 e. The molecule has 1 heterocycles. The maximum atomic E-state index is 13.2. The van der Waals surface area contributed by atoms with Gasteiger partial charge in [-0.2, -0.15) is 9.78 Å². The Hall–Kier alpha value is -2.19. The Morgan fingerprint density at radius 1 is 1.09 bits per heavy atom. The predicted octanol–water partition coefficient (Wildman–Crippen LogP) is 7.81. The number of halogens is 4. The third kappa shape index (κ3) is 5.54. The molecular formula is C25H19Br2Cl2N3O2. The number of aromatic nitrogens is 2. The monoisotopic (exact) mass is 621 g/mol. The molecule has 5 nitrogen and oxygen atoms in total. The lowest BCUT2D eigenvalue weighted by atomic mass is 10.2. The van der Waals surface area contributed by atoms with Crippen LogP contribution in [0.25, 0.3) is 10.9 Å². The fourth-order valence-corrected chi connectivity index (χ4v) is 4.62. The fraction of sp³-hybridized carbons (Fsp3) is 0.160. The zero-order chi connectivity index (χ0) is 24.4. The van der Waals surface area contributed by atoms with Gasteiger partial charge >= 0.3 is 0 Å². The van der Waals surface area contributed by atoms with E-state index >= 15 is 0 Å². The van der Waals surface area contributed by atoms with Crippen LogP contribution < -0.4 is 10.3 Å². The molecule has 0 aliphatic carbocycles. The van der Waals surface area contributed by atoms with Crippen LogP contribution in [0, 0.1) is 0 Å². The van der Waals surface area contributed by atoms with E-state index in [4.69, 9.17) is 27.9 Å². The van der Waals surface area contributed by atoms with E-state index in [1.54, 1.807) is 24.4 Å². The summed E-state index contributed by atoms with van der Waals surface area (Å²) < 4.78 is 8.82. The average Bonchev–Trinajstić information content (AvgIpc) is 2.79. The van der Waals surface area contributed by atoms with Gasteiger partial charge in [0.15, 0.2) is 0 Å². The van der Waals surface area contributed by atoms with Crippen LogP contribution in [-0.2, 0) is 6.61 Å². The van der Waals surface area contributed by atoms with Gasteiger partial charge in [0.1, 0.15) is 18.2 Å². The quantitative estimate of drug-likeness (QED) is 0.206. The van der Waals surface area contributed by atoms with Gasteiger partial charge < -0.3 is 4.74 Å². The first-order valence-electron chi connectivity index (χ1n) is 10.4. The molecule has 0 amide bonds. The molecule has 0 N–H and O–H groups in total. The number of fused-ring (bicyclic) bond motifs is 1. The zero-order valence-corrected chi connectivity index (χ0v) is 22.9. The fourth-order valence-electron chi connectivity index (χ4n) is 3.28. The van der Waals surface area contributed by atoms with Gasteiger partial charge in [-0.15, -0.1) is 0 Å². The van der Waals surface area contributed by atoms with Crippen molar-refractivity contribution in [2.45, 2.75) is 26.4 Å². The number of benzene rings is 3. The second kappa shape index (κ2) is 10.6. The number of hydrogen-bond acceptors (Lipinski definition) is 4. The summed E-state index contributed by atoms with van der Waals surface area (Å²) in [7, 11) is 0. The van der Waals surface area contributed by atoms with Crippen LogP contribution in [0.5, 0.6) is 5.75 Å². The Morgan fingerprint density at radius 2 is 1.88 bits per heavy atom. The van der Waals surface area contributed by atoms with E-state index in [0.717, 1.165) is 20.1 Å². The minimum atomic E-state index is -0.217. The molecule has 1 aromatic heterocycles. The third-order valence-electron chi connectivity index (χ3n) is 5.03. The van der Waals surface area contributed by atoms with Gasteiger partial charge in [-0.05, 0) is 70.0 Å². The molecule has 0 saturated carbocycles. The van der Waals surface area contributed by atoms with Crippen LogP contribution in [0.4, 0.5) is 0 Å². The number of ether oxygens (including phenoxy) is 1. The Morgan fingerprint density at radius 3 is 2.59 bits per heavy atom. The van der Waals surface area contributed by atoms with E-state index in [0.29, 0.717) is 39.1 Å². The molecule has 0 radical (unpaired) electrons. The molecule has 0 spiro atoms. The standard InChI is InChI=1S/C25H19Br2Cl2N3O2/c1-14(2)24-31-22-7-5-17(26)10-19(22)25(33)32(24)30-12-15-3-8-23(20(27)9-15)34-13-16-4-6-18(28)11-21(16)29/h3-12,14H,13H2,1-2H3. The largest absolute Gasteiger partial charge is 0.488 e. The van der Waals surface area contributed by atoms with Crippen LogP contribution in [0.15, 0.2) is 73.4 Å². The van der Waals surface area contributed by atoms with E-state index in [1.165, 1.54) is 4.68 Å². The van der Waals surface area contributed by atoms with Crippen molar-refractivity contribution in [1.82, 2.24) is 9.66 Å². The van der Waals surface area contributed by atoms with Gasteiger partial charge in [-0.1, -0.05) is 59.0 Å². The molecule has 0 unspecified atom stereocenters. The van der Waals surface area contributed by atoms with Crippen LogP contribution in [0.1, 0.15) is 36.7 Å². The zero-order valence-electron chi connectivity index (χ0n) is 18.2. The van der Waals surface area contributed by atoms with Gasteiger partial charge in [-0.3, -0.25) is 4.79 Å². The average molecular weight is 624 g/mol. The maximum absolute atomic E-state index is 13.2. The number of nitrogens with zero attached hydrogens (tertiary/aromatic N) is 3. The maximum Gasteiger partial charge on any atom is 0.282 e. The lowest BCUT2D eigenvalue weighted by molar-refractivity contribution is 0.304. The second-order valence-corrected chi connectivity index (χ2v) is 10.5. The summed E-state index contributed by atoms with van der Waals surface area (Å²) in [6.07, 6.45) is 1.63. The summed E-state index contributed by atoms with van der Waals surface area (Å²) in [5.74, 6) is 1.26. The van der Waals surface area contributed by atoms with E-state index < -0.39 is 0 Å². The predicted molar refractivity (Wildman–Crippen MR) is 146 cm³/mol. The molecule has 4 aromatic rings. The van der Waals surface area contributed by atoms with Crippen molar-refractivity contribution in [3.8, 4) is 5.75 Å². The molecule has 34 heavy (non-hydrogen) atoms. The normalized spacial score (nSPS) is 11.6. The van der Waals surface area contributed by atoms with Crippen LogP contribution in [0.3, 0.4) is 0 Å². The Balaban J connectivity index is 1.60. The summed E-state index contributed by atoms with van der Waals surface area (Å²) in [4.78, 5) is 17.8. The highest BCUT2D eigenvalue weighted by molar-refractivity contribution is 9.10. The first-order valence-corrected chi connectivity index (χ1v) is 12.7. The summed E-state index contributed by atoms with van der Waals surface area (Å²) >= 11 is 19.1. The Kier molecular flexibility index (Phi) is 7.77. The summed E-state index contributed by atoms with van der Waals surface area (Å²) in [6.45, 7) is 4.26. The lowest BCUT2D eigenvalue weighted by Crippen LogP contribution is -2.23. The van der Waals surface area contributed by atoms with Gasteiger partial charge in [-0.25, -0.2) is 4.98 Å². The van der Waals surface area contributed by atoms with Gasteiger partial charge in [0.05, 0.1) is 21.6 Å². The highest BCUT2D eigenvalue weighted by Crippen LogP contribution is 2.28. The first kappa shape index (κ1) is 24.9. The van der Waals surface area contributed by atoms with Gasteiger partial charge in [0.2, 0.25) is 0 Å². The van der Waals surface area contributed by atoms with Crippen molar-refractivity contribution in [3.05, 3.63) is 101 Å². The van der Waals surface area contributed by atoms with Crippen LogP contribution in [0.2, 0.25) is 10.0 Å². The molecule has 0 aliphatic rings. The van der Waals surface area contributed by atoms with Crippen molar-refractivity contribution in [2.75, 3.05) is 0 Å². The highest BCUT2D eigenvalue weighted by atomic mass is 79.9. The number of rotatable bonds is 6. The smallest absolute Gasteiger partial charge is 0.282 e. The van der Waals surface area contributed by atoms with E-state index in [9.17, 15) is 4.79 Å². The van der Waals surface area contributed by atoms with Crippen molar-refractivity contribution in [2.24, 2.45) is 5.10 Å². The molecule has 174 valence electrons. The molecule has 0 saturated heterocycles. The van der Waals surface area contributed by atoms with Crippen LogP contribution in [-0.4, -0.2) is 15.9 Å². The molecule has 9 heteroatoms. The second-order valence-electron chi connectivity index (χ2n) is 7.86. The summed E-state index contributed by atoms with van der Waals surface area (Å²) in [5.41, 5.74) is 2.05.